The summed E-state index contributed by atoms with van der Waals surface area (Å²) in [7, 11) is -3.29. The van der Waals surface area contributed by atoms with Crippen LogP contribution in [0.25, 0.3) is 0 Å². The Morgan fingerprint density at radius 3 is 1.80 bits per heavy atom. The summed E-state index contributed by atoms with van der Waals surface area (Å²) in [6.45, 7) is 6.27. The number of benzene rings is 1. The number of hydrogen-bond acceptors (Lipinski definition) is 4. The SMILES string of the molecule is CCCCCCCCCCCCCC[C@@H](C)CCC(CCCCCCCCCOC1CCCCO1)S(=O)(=O)c1ccccc1. The fraction of sp³-hybridized carbons (Fsp3) is 0.846. The maximum Gasteiger partial charge on any atom is 0.181 e. The minimum Gasteiger partial charge on any atom is -0.353 e. The second-order valence-electron chi connectivity index (χ2n) is 13.8. The summed E-state index contributed by atoms with van der Waals surface area (Å²) >= 11 is 0. The highest BCUT2D eigenvalue weighted by Gasteiger charge is 2.27. The minimum atomic E-state index is -3.29. The van der Waals surface area contributed by atoms with Crippen molar-refractivity contribution < 1.29 is 17.9 Å². The molecule has 44 heavy (non-hydrogen) atoms. The molecule has 4 nitrogen and oxygen atoms in total. The average Bonchev–Trinajstić information content (AvgIpc) is 3.04. The highest BCUT2D eigenvalue weighted by molar-refractivity contribution is 7.92. The van der Waals surface area contributed by atoms with Crippen LogP contribution in [0.3, 0.4) is 0 Å². The topological polar surface area (TPSA) is 52.6 Å². The number of rotatable bonds is 29. The van der Waals surface area contributed by atoms with Crippen molar-refractivity contribution in [3.05, 3.63) is 30.3 Å². The molecule has 0 saturated carbocycles. The summed E-state index contributed by atoms with van der Waals surface area (Å²) in [4.78, 5) is 0.499. The summed E-state index contributed by atoms with van der Waals surface area (Å²) in [5.74, 6) is 0.597. The van der Waals surface area contributed by atoms with Crippen LogP contribution in [-0.2, 0) is 19.3 Å². The zero-order chi connectivity index (χ0) is 31.6. The predicted molar refractivity (Wildman–Crippen MR) is 188 cm³/mol. The van der Waals surface area contributed by atoms with Gasteiger partial charge in [0.05, 0.1) is 10.1 Å². The Morgan fingerprint density at radius 1 is 0.682 bits per heavy atom. The van der Waals surface area contributed by atoms with Crippen LogP contribution in [0, 0.1) is 5.92 Å². The lowest BCUT2D eigenvalue weighted by Gasteiger charge is -2.22. The van der Waals surface area contributed by atoms with E-state index in [0.29, 0.717) is 10.8 Å². The molecule has 0 N–H and O–H groups in total. The van der Waals surface area contributed by atoms with Gasteiger partial charge in [0.15, 0.2) is 16.1 Å². The van der Waals surface area contributed by atoms with E-state index >= 15 is 0 Å². The molecule has 5 heteroatoms. The van der Waals surface area contributed by atoms with E-state index in [9.17, 15) is 8.42 Å². The molecule has 1 aliphatic rings. The summed E-state index contributed by atoms with van der Waals surface area (Å²) in [5.41, 5.74) is 0. The van der Waals surface area contributed by atoms with Gasteiger partial charge in [-0.1, -0.05) is 154 Å². The van der Waals surface area contributed by atoms with E-state index in [1.54, 1.807) is 12.1 Å². The van der Waals surface area contributed by atoms with E-state index in [-0.39, 0.29) is 11.5 Å². The molecular weight excluding hydrogens is 564 g/mol. The zero-order valence-electron chi connectivity index (χ0n) is 29.0. The third kappa shape index (κ3) is 18.9. The molecule has 0 aliphatic carbocycles. The van der Waals surface area contributed by atoms with Gasteiger partial charge in [-0.15, -0.1) is 0 Å². The predicted octanol–water partition coefficient (Wildman–Crippen LogP) is 12.0. The Bertz CT molecular complexity index is 865. The van der Waals surface area contributed by atoms with Crippen LogP contribution in [0.15, 0.2) is 35.2 Å². The molecule has 0 aromatic heterocycles. The van der Waals surface area contributed by atoms with Crippen molar-refractivity contribution in [2.45, 2.75) is 197 Å². The lowest BCUT2D eigenvalue weighted by Crippen LogP contribution is -2.22. The second-order valence-corrected chi connectivity index (χ2v) is 16.0. The monoisotopic (exact) mass is 634 g/mol. The van der Waals surface area contributed by atoms with E-state index < -0.39 is 9.84 Å². The van der Waals surface area contributed by atoms with E-state index in [1.807, 2.05) is 18.2 Å². The Morgan fingerprint density at radius 2 is 1.23 bits per heavy atom. The first-order valence-corrected chi connectivity index (χ1v) is 20.6. The van der Waals surface area contributed by atoms with Crippen molar-refractivity contribution in [2.75, 3.05) is 13.2 Å². The van der Waals surface area contributed by atoms with Gasteiger partial charge in [-0.05, 0) is 63.0 Å². The number of sulfone groups is 1. The molecule has 1 aliphatic heterocycles. The largest absolute Gasteiger partial charge is 0.353 e. The van der Waals surface area contributed by atoms with Crippen LogP contribution in [-0.4, -0.2) is 33.2 Å². The highest BCUT2D eigenvalue weighted by atomic mass is 32.2. The molecule has 0 radical (unpaired) electrons. The van der Waals surface area contributed by atoms with Gasteiger partial charge in [0, 0.05) is 13.2 Å². The van der Waals surface area contributed by atoms with Crippen molar-refractivity contribution in [1.29, 1.82) is 0 Å². The van der Waals surface area contributed by atoms with Crippen molar-refractivity contribution in [3.63, 3.8) is 0 Å². The molecule has 256 valence electrons. The molecule has 1 aromatic rings. The molecule has 0 amide bonds. The molecule has 2 rings (SSSR count). The van der Waals surface area contributed by atoms with Crippen LogP contribution < -0.4 is 0 Å². The third-order valence-electron chi connectivity index (χ3n) is 9.65. The van der Waals surface area contributed by atoms with Crippen molar-refractivity contribution in [2.24, 2.45) is 5.92 Å². The normalized spacial score (nSPS) is 17.1. The van der Waals surface area contributed by atoms with Crippen LogP contribution in [0.4, 0.5) is 0 Å². The molecule has 2 unspecified atom stereocenters. The van der Waals surface area contributed by atoms with E-state index in [2.05, 4.69) is 13.8 Å². The smallest absolute Gasteiger partial charge is 0.181 e. The van der Waals surface area contributed by atoms with Crippen molar-refractivity contribution >= 4 is 9.84 Å². The second kappa shape index (κ2) is 26.2. The highest BCUT2D eigenvalue weighted by Crippen LogP contribution is 2.27. The summed E-state index contributed by atoms with van der Waals surface area (Å²) in [6, 6.07) is 9.17. The molecule has 0 bridgehead atoms. The van der Waals surface area contributed by atoms with E-state index in [4.69, 9.17) is 9.47 Å². The van der Waals surface area contributed by atoms with Gasteiger partial charge in [-0.2, -0.15) is 0 Å². The lowest BCUT2D eigenvalue weighted by atomic mass is 9.95. The van der Waals surface area contributed by atoms with Gasteiger partial charge < -0.3 is 9.47 Å². The fourth-order valence-electron chi connectivity index (χ4n) is 6.62. The fourth-order valence-corrected chi connectivity index (χ4v) is 8.47. The van der Waals surface area contributed by atoms with Crippen molar-refractivity contribution in [1.82, 2.24) is 0 Å². The first-order valence-electron chi connectivity index (χ1n) is 19.1. The molecule has 0 spiro atoms. The number of ether oxygens (including phenoxy) is 2. The van der Waals surface area contributed by atoms with Gasteiger partial charge in [0.25, 0.3) is 0 Å². The molecule has 1 aromatic carbocycles. The molecule has 1 fully saturated rings. The Hall–Kier alpha value is -0.910. The first kappa shape index (κ1) is 39.3. The van der Waals surface area contributed by atoms with Gasteiger partial charge in [-0.25, -0.2) is 8.42 Å². The average molecular weight is 635 g/mol. The van der Waals surface area contributed by atoms with Gasteiger partial charge >= 0.3 is 0 Å². The first-order chi connectivity index (χ1) is 21.5. The summed E-state index contributed by atoms with van der Waals surface area (Å²) in [6.07, 6.45) is 32.0. The quantitative estimate of drug-likeness (QED) is 0.0823. The van der Waals surface area contributed by atoms with Crippen LogP contribution in [0.1, 0.15) is 181 Å². The molecular formula is C39H70O4S. The Balaban J connectivity index is 1.58. The number of unbranched alkanes of at least 4 members (excludes halogenated alkanes) is 17. The van der Waals surface area contributed by atoms with Gasteiger partial charge in [-0.3, -0.25) is 0 Å². The minimum absolute atomic E-state index is 0.0289. The van der Waals surface area contributed by atoms with E-state index in [0.717, 1.165) is 64.6 Å². The van der Waals surface area contributed by atoms with Crippen LogP contribution >= 0.6 is 0 Å². The maximum absolute atomic E-state index is 13.6. The standard InChI is InChI=1S/C39H70O4S/c1-3-4-5-6-7-8-9-10-11-13-16-20-27-36(2)32-33-38(44(40,41)37-28-22-19-23-29-37)30-21-17-14-12-15-18-25-34-42-39-31-24-26-35-43-39/h19,22-23,28-29,36,38-39H,3-18,20-21,24-27,30-35H2,1-2H3/t36-,38?,39?/m1/s1. The van der Waals surface area contributed by atoms with Crippen molar-refractivity contribution in [3.8, 4) is 0 Å². The Labute approximate surface area is 273 Å². The lowest BCUT2D eigenvalue weighted by molar-refractivity contribution is -0.162. The molecule has 1 heterocycles. The van der Waals surface area contributed by atoms with Crippen LogP contribution in [0.2, 0.25) is 0 Å². The molecule has 1 saturated heterocycles. The molecule has 3 atom stereocenters. The Kier molecular flexibility index (Phi) is 23.4. The number of hydrogen-bond donors (Lipinski definition) is 0. The summed E-state index contributed by atoms with van der Waals surface area (Å²) in [5, 5.41) is -0.256. The van der Waals surface area contributed by atoms with Crippen LogP contribution in [0.5, 0.6) is 0 Å². The zero-order valence-corrected chi connectivity index (χ0v) is 29.8. The van der Waals surface area contributed by atoms with E-state index in [1.165, 1.54) is 116 Å². The summed E-state index contributed by atoms with van der Waals surface area (Å²) < 4.78 is 38.6. The third-order valence-corrected chi connectivity index (χ3v) is 11.9. The van der Waals surface area contributed by atoms with Gasteiger partial charge in [0.2, 0.25) is 0 Å². The van der Waals surface area contributed by atoms with Gasteiger partial charge in [0.1, 0.15) is 0 Å². The maximum atomic E-state index is 13.6.